The fourth-order valence-electron chi connectivity index (χ4n) is 2.86. The minimum absolute atomic E-state index is 0.0222. The van der Waals surface area contributed by atoms with Gasteiger partial charge in [-0.3, -0.25) is 9.52 Å². The van der Waals surface area contributed by atoms with Crippen molar-refractivity contribution in [2.45, 2.75) is 32.1 Å². The van der Waals surface area contributed by atoms with E-state index in [1.807, 2.05) is 13.8 Å². The number of aliphatic carboxylic acids is 1. The van der Waals surface area contributed by atoms with Crippen LogP contribution in [0.15, 0.2) is 47.4 Å². The second kappa shape index (κ2) is 10.1. The summed E-state index contributed by atoms with van der Waals surface area (Å²) in [7, 11) is -3.84. The van der Waals surface area contributed by atoms with Crippen LogP contribution in [-0.4, -0.2) is 50.0 Å². The highest BCUT2D eigenvalue weighted by molar-refractivity contribution is 7.92. The van der Waals surface area contributed by atoms with Gasteiger partial charge in [0.05, 0.1) is 11.3 Å². The Morgan fingerprint density at radius 1 is 1.07 bits per heavy atom. The Balaban J connectivity index is 2.09. The Morgan fingerprint density at radius 2 is 1.70 bits per heavy atom. The third-order valence-electron chi connectivity index (χ3n) is 4.49. The predicted octanol–water partition coefficient (Wildman–Crippen LogP) is 2.67. The molecule has 0 spiro atoms. The predicted molar refractivity (Wildman–Crippen MR) is 113 cm³/mol. The monoisotopic (exact) mass is 434 g/mol. The van der Waals surface area contributed by atoms with E-state index in [9.17, 15) is 18.0 Å². The number of aryl methyl sites for hydroxylation is 1. The molecule has 30 heavy (non-hydrogen) atoms. The number of hydrogen-bond donors (Lipinski definition) is 2. The zero-order valence-corrected chi connectivity index (χ0v) is 18.0. The smallest absolute Gasteiger partial charge is 0.341 e. The fraction of sp³-hybridized carbons (Fsp3) is 0.333. The van der Waals surface area contributed by atoms with Gasteiger partial charge in [-0.05, 0) is 62.2 Å². The first-order valence-corrected chi connectivity index (χ1v) is 11.0. The zero-order valence-electron chi connectivity index (χ0n) is 17.2. The number of nitrogens with zero attached hydrogens (tertiary/aromatic N) is 1. The highest BCUT2D eigenvalue weighted by atomic mass is 32.2. The van der Waals surface area contributed by atoms with Crippen molar-refractivity contribution in [3.05, 3.63) is 53.6 Å². The first-order valence-electron chi connectivity index (χ1n) is 9.51. The average molecular weight is 435 g/mol. The molecule has 0 aromatic heterocycles. The maximum absolute atomic E-state index is 12.7. The summed E-state index contributed by atoms with van der Waals surface area (Å²) in [6.07, 6.45) is 0.256. The topological polar surface area (TPSA) is 113 Å². The van der Waals surface area contributed by atoms with Crippen LogP contribution < -0.4 is 9.46 Å². The van der Waals surface area contributed by atoms with Gasteiger partial charge < -0.3 is 14.7 Å². The zero-order chi connectivity index (χ0) is 22.3. The molecule has 0 radical (unpaired) electrons. The van der Waals surface area contributed by atoms with Crippen LogP contribution in [0, 0.1) is 6.92 Å². The fourth-order valence-corrected chi connectivity index (χ4v) is 4.00. The molecule has 2 rings (SSSR count). The number of ether oxygens (including phenoxy) is 1. The van der Waals surface area contributed by atoms with E-state index < -0.39 is 22.6 Å². The molecule has 0 atom stereocenters. The number of carboxylic acids is 1. The molecule has 0 fully saturated rings. The van der Waals surface area contributed by atoms with E-state index in [2.05, 4.69) is 4.72 Å². The Hall–Kier alpha value is -3.07. The molecule has 1 amide bonds. The van der Waals surface area contributed by atoms with Gasteiger partial charge in [-0.1, -0.05) is 12.1 Å². The van der Waals surface area contributed by atoms with E-state index in [0.29, 0.717) is 30.1 Å². The van der Waals surface area contributed by atoms with E-state index >= 15 is 0 Å². The summed E-state index contributed by atoms with van der Waals surface area (Å²) in [4.78, 5) is 24.6. The lowest BCUT2D eigenvalue weighted by Crippen LogP contribution is -2.31. The molecule has 9 heteroatoms. The number of sulfonamides is 1. The molecule has 2 N–H and O–H groups in total. The Kier molecular flexibility index (Phi) is 7.82. The normalized spacial score (nSPS) is 11.0. The molecular weight excluding hydrogens is 408 g/mol. The molecule has 0 bridgehead atoms. The van der Waals surface area contributed by atoms with Gasteiger partial charge in [-0.15, -0.1) is 0 Å². The quantitative estimate of drug-likeness (QED) is 0.594. The van der Waals surface area contributed by atoms with Crippen LogP contribution in [0.2, 0.25) is 0 Å². The van der Waals surface area contributed by atoms with Crippen LogP contribution in [0.25, 0.3) is 0 Å². The second-order valence-corrected chi connectivity index (χ2v) is 8.34. The summed E-state index contributed by atoms with van der Waals surface area (Å²) in [5, 5.41) is 8.68. The van der Waals surface area contributed by atoms with Crippen molar-refractivity contribution in [1.29, 1.82) is 0 Å². The van der Waals surface area contributed by atoms with Crippen LogP contribution in [0.5, 0.6) is 5.75 Å². The maximum Gasteiger partial charge on any atom is 0.341 e. The standard InChI is InChI=1S/C21H26N2O6S/c1-4-23(5-2)20(24)13-16-6-8-17(9-7-16)22-30(27,28)18-10-11-19(15(3)12-18)29-14-21(25)26/h6-12,22H,4-5,13-14H2,1-3H3,(H,25,26). The summed E-state index contributed by atoms with van der Waals surface area (Å²) < 4.78 is 32.9. The van der Waals surface area contributed by atoms with Crippen molar-refractivity contribution in [2.75, 3.05) is 24.4 Å². The summed E-state index contributed by atoms with van der Waals surface area (Å²) in [5.41, 5.74) is 1.67. The summed E-state index contributed by atoms with van der Waals surface area (Å²) in [6.45, 7) is 6.27. The van der Waals surface area contributed by atoms with E-state index in [4.69, 9.17) is 9.84 Å². The number of likely N-dealkylation sites (N-methyl/N-ethyl adjacent to an activating group) is 1. The number of hydrogen-bond acceptors (Lipinski definition) is 5. The van der Waals surface area contributed by atoms with Crippen LogP contribution in [0.3, 0.4) is 0 Å². The third-order valence-corrected chi connectivity index (χ3v) is 5.86. The van der Waals surface area contributed by atoms with Crippen LogP contribution in [0.4, 0.5) is 5.69 Å². The summed E-state index contributed by atoms with van der Waals surface area (Å²) >= 11 is 0. The minimum atomic E-state index is -3.84. The van der Waals surface area contributed by atoms with E-state index in [1.165, 1.54) is 18.2 Å². The first kappa shape index (κ1) is 23.2. The number of nitrogens with one attached hydrogen (secondary N) is 1. The number of rotatable bonds is 10. The van der Waals surface area contributed by atoms with Crippen molar-refractivity contribution < 1.29 is 27.9 Å². The van der Waals surface area contributed by atoms with Gasteiger partial charge in [0.15, 0.2) is 6.61 Å². The van der Waals surface area contributed by atoms with Gasteiger partial charge in [0, 0.05) is 18.8 Å². The number of benzene rings is 2. The summed E-state index contributed by atoms with van der Waals surface area (Å²) in [5.74, 6) is -0.789. The lowest BCUT2D eigenvalue weighted by atomic mass is 10.1. The number of carbonyl (C=O) groups is 2. The van der Waals surface area contributed by atoms with E-state index in [1.54, 1.807) is 36.1 Å². The first-order chi connectivity index (χ1) is 14.2. The molecule has 2 aromatic rings. The highest BCUT2D eigenvalue weighted by Gasteiger charge is 2.17. The number of carbonyl (C=O) groups excluding carboxylic acids is 1. The largest absolute Gasteiger partial charge is 0.482 e. The Bertz CT molecular complexity index is 999. The van der Waals surface area contributed by atoms with Gasteiger partial charge in [0.1, 0.15) is 5.75 Å². The molecule has 0 heterocycles. The van der Waals surface area contributed by atoms with Gasteiger partial charge >= 0.3 is 5.97 Å². The molecule has 2 aromatic carbocycles. The Labute approximate surface area is 176 Å². The Morgan fingerprint density at radius 3 is 2.23 bits per heavy atom. The lowest BCUT2D eigenvalue weighted by molar-refractivity contribution is -0.139. The lowest BCUT2D eigenvalue weighted by Gasteiger charge is -2.18. The van der Waals surface area contributed by atoms with Crippen LogP contribution >= 0.6 is 0 Å². The average Bonchev–Trinajstić information content (AvgIpc) is 2.69. The SMILES string of the molecule is CCN(CC)C(=O)Cc1ccc(NS(=O)(=O)c2ccc(OCC(=O)O)c(C)c2)cc1. The van der Waals surface area contributed by atoms with E-state index in [0.717, 1.165) is 5.56 Å². The molecule has 0 saturated heterocycles. The molecular formula is C21H26N2O6S. The number of carboxylic acid groups (broad SMARTS) is 1. The third kappa shape index (κ3) is 6.21. The minimum Gasteiger partial charge on any atom is -0.482 e. The second-order valence-electron chi connectivity index (χ2n) is 6.65. The molecule has 0 unspecified atom stereocenters. The van der Waals surface area contributed by atoms with E-state index in [-0.39, 0.29) is 17.2 Å². The van der Waals surface area contributed by atoms with Crippen molar-refractivity contribution in [3.8, 4) is 5.75 Å². The summed E-state index contributed by atoms with van der Waals surface area (Å²) in [6, 6.07) is 10.8. The van der Waals surface area contributed by atoms with Crippen LogP contribution in [-0.2, 0) is 26.0 Å². The molecule has 0 saturated carbocycles. The molecule has 162 valence electrons. The van der Waals surface area contributed by atoms with Gasteiger partial charge in [-0.25, -0.2) is 13.2 Å². The molecule has 0 aliphatic rings. The molecule has 8 nitrogen and oxygen atoms in total. The molecule has 0 aliphatic carbocycles. The van der Waals surface area contributed by atoms with Gasteiger partial charge in [-0.2, -0.15) is 0 Å². The maximum atomic E-state index is 12.7. The van der Waals surface area contributed by atoms with Crippen molar-refractivity contribution >= 4 is 27.6 Å². The van der Waals surface area contributed by atoms with Crippen molar-refractivity contribution in [2.24, 2.45) is 0 Å². The van der Waals surface area contributed by atoms with Crippen molar-refractivity contribution in [1.82, 2.24) is 4.90 Å². The molecule has 0 aliphatic heterocycles. The van der Waals surface area contributed by atoms with Crippen molar-refractivity contribution in [3.63, 3.8) is 0 Å². The van der Waals surface area contributed by atoms with Gasteiger partial charge in [0.25, 0.3) is 10.0 Å². The van der Waals surface area contributed by atoms with Gasteiger partial charge in [0.2, 0.25) is 5.91 Å². The highest BCUT2D eigenvalue weighted by Crippen LogP contribution is 2.24. The number of anilines is 1. The van der Waals surface area contributed by atoms with Crippen LogP contribution in [0.1, 0.15) is 25.0 Å². The number of amides is 1.